The van der Waals surface area contributed by atoms with Gasteiger partial charge in [-0.1, -0.05) is 17.7 Å². The molecule has 0 aromatic heterocycles. The Labute approximate surface area is 132 Å². The molecule has 1 aliphatic heterocycles. The van der Waals surface area contributed by atoms with Gasteiger partial charge in [0.15, 0.2) is 0 Å². The molecule has 4 heteroatoms. The highest BCUT2D eigenvalue weighted by molar-refractivity contribution is 6.31. The molecule has 21 heavy (non-hydrogen) atoms. The van der Waals surface area contributed by atoms with E-state index < -0.39 is 0 Å². The quantitative estimate of drug-likeness (QED) is 0.874. The third-order valence-electron chi connectivity index (χ3n) is 4.50. The molecule has 1 N–H and O–H groups in total. The highest BCUT2D eigenvalue weighted by atomic mass is 35.5. The normalized spacial score (nSPS) is 18.4. The molecular formula is C17H26ClFN2. The number of piperidine rings is 1. The van der Waals surface area contributed by atoms with Crippen molar-refractivity contribution in [2.45, 2.75) is 45.7 Å². The zero-order chi connectivity index (χ0) is 15.4. The number of halogens is 2. The molecule has 1 atom stereocenters. The first-order valence-corrected chi connectivity index (χ1v) is 8.28. The third kappa shape index (κ3) is 4.41. The lowest BCUT2D eigenvalue weighted by Crippen LogP contribution is -2.40. The topological polar surface area (TPSA) is 15.3 Å². The lowest BCUT2D eigenvalue weighted by atomic mass is 9.95. The Morgan fingerprint density at radius 2 is 1.95 bits per heavy atom. The predicted octanol–water partition coefficient (Wildman–Crippen LogP) is 4.25. The molecule has 0 radical (unpaired) electrons. The molecule has 2 rings (SSSR count). The third-order valence-corrected chi connectivity index (χ3v) is 4.83. The number of rotatable bonds is 5. The maximum Gasteiger partial charge on any atom is 0.124 e. The first-order valence-electron chi connectivity index (χ1n) is 7.90. The summed E-state index contributed by atoms with van der Waals surface area (Å²) in [7, 11) is 0. The minimum atomic E-state index is -0.273. The summed E-state index contributed by atoms with van der Waals surface area (Å²) in [6.07, 6.45) is 2.46. The number of benzene rings is 1. The van der Waals surface area contributed by atoms with Gasteiger partial charge in [-0.15, -0.1) is 0 Å². The van der Waals surface area contributed by atoms with E-state index in [4.69, 9.17) is 11.6 Å². The number of hydrogen-bond donors (Lipinski definition) is 1. The fourth-order valence-electron chi connectivity index (χ4n) is 3.20. The van der Waals surface area contributed by atoms with Crippen molar-refractivity contribution < 1.29 is 4.39 Å². The maximum absolute atomic E-state index is 13.2. The van der Waals surface area contributed by atoms with Gasteiger partial charge in [-0.05, 0) is 70.3 Å². The van der Waals surface area contributed by atoms with Crippen LogP contribution < -0.4 is 5.32 Å². The fourth-order valence-corrected chi connectivity index (χ4v) is 3.52. The van der Waals surface area contributed by atoms with Gasteiger partial charge < -0.3 is 5.32 Å². The van der Waals surface area contributed by atoms with Crippen molar-refractivity contribution in [1.29, 1.82) is 0 Å². The molecule has 0 bridgehead atoms. The Morgan fingerprint density at radius 1 is 1.29 bits per heavy atom. The summed E-state index contributed by atoms with van der Waals surface area (Å²) in [6, 6.07) is 5.38. The molecule has 2 nitrogen and oxygen atoms in total. The molecule has 1 fully saturated rings. The summed E-state index contributed by atoms with van der Waals surface area (Å²) in [5.41, 5.74) is 1.01. The molecular weight excluding hydrogens is 287 g/mol. The van der Waals surface area contributed by atoms with Crippen LogP contribution in [-0.4, -0.2) is 30.6 Å². The average Bonchev–Trinajstić information content (AvgIpc) is 2.45. The van der Waals surface area contributed by atoms with E-state index in [1.54, 1.807) is 0 Å². The van der Waals surface area contributed by atoms with E-state index in [9.17, 15) is 4.39 Å². The molecule has 0 amide bonds. The Hall–Kier alpha value is -0.640. The zero-order valence-electron chi connectivity index (χ0n) is 13.2. The van der Waals surface area contributed by atoms with Crippen LogP contribution in [0.3, 0.4) is 0 Å². The molecule has 0 spiro atoms. The maximum atomic E-state index is 13.2. The van der Waals surface area contributed by atoms with Crippen molar-refractivity contribution in [3.63, 3.8) is 0 Å². The van der Waals surface area contributed by atoms with Crippen molar-refractivity contribution in [3.8, 4) is 0 Å². The van der Waals surface area contributed by atoms with Gasteiger partial charge in [0.1, 0.15) is 5.82 Å². The molecule has 0 saturated carbocycles. The van der Waals surface area contributed by atoms with Crippen molar-refractivity contribution in [2.24, 2.45) is 5.92 Å². The fraction of sp³-hybridized carbons (Fsp3) is 0.647. The minimum absolute atomic E-state index is 0.202. The molecule has 1 heterocycles. The van der Waals surface area contributed by atoms with E-state index in [1.165, 1.54) is 25.0 Å². The van der Waals surface area contributed by atoms with Gasteiger partial charge in [0.2, 0.25) is 0 Å². The van der Waals surface area contributed by atoms with E-state index in [-0.39, 0.29) is 11.9 Å². The van der Waals surface area contributed by atoms with Crippen LogP contribution in [-0.2, 0) is 0 Å². The molecule has 1 unspecified atom stereocenters. The summed E-state index contributed by atoms with van der Waals surface area (Å²) in [5, 5.41) is 3.94. The summed E-state index contributed by atoms with van der Waals surface area (Å²) >= 11 is 6.24. The van der Waals surface area contributed by atoms with Gasteiger partial charge in [-0.2, -0.15) is 0 Å². The molecule has 1 aromatic rings. The lowest BCUT2D eigenvalue weighted by molar-refractivity contribution is 0.125. The van der Waals surface area contributed by atoms with Crippen LogP contribution >= 0.6 is 11.6 Å². The highest BCUT2D eigenvalue weighted by Crippen LogP contribution is 2.30. The number of nitrogens with zero attached hydrogens (tertiary/aromatic N) is 1. The summed E-state index contributed by atoms with van der Waals surface area (Å²) in [4.78, 5) is 2.48. The SMILES string of the molecule is CC(C)N(CC1CCNCC1)C(C)c1ccc(F)cc1Cl. The van der Waals surface area contributed by atoms with Crippen LogP contribution in [0.4, 0.5) is 4.39 Å². The summed E-state index contributed by atoms with van der Waals surface area (Å²) in [5.74, 6) is 0.459. The standard InChI is InChI=1S/C17H26ClFN2/c1-12(2)21(11-14-6-8-20-9-7-14)13(3)16-5-4-15(19)10-17(16)18/h4-5,10,12-14,20H,6-9,11H2,1-3H3. The van der Waals surface area contributed by atoms with E-state index in [0.29, 0.717) is 11.1 Å². The van der Waals surface area contributed by atoms with E-state index >= 15 is 0 Å². The molecule has 1 aliphatic rings. The molecule has 1 aromatic carbocycles. The summed E-state index contributed by atoms with van der Waals surface area (Å²) < 4.78 is 13.2. The second kappa shape index (κ2) is 7.57. The first-order chi connectivity index (χ1) is 9.99. The monoisotopic (exact) mass is 312 g/mol. The van der Waals surface area contributed by atoms with Crippen molar-refractivity contribution in [2.75, 3.05) is 19.6 Å². The highest BCUT2D eigenvalue weighted by Gasteiger charge is 2.25. The Bertz CT molecular complexity index is 458. The lowest BCUT2D eigenvalue weighted by Gasteiger charge is -2.37. The second-order valence-corrected chi connectivity index (χ2v) is 6.73. The smallest absolute Gasteiger partial charge is 0.124 e. The van der Waals surface area contributed by atoms with Gasteiger partial charge in [-0.25, -0.2) is 4.39 Å². The predicted molar refractivity (Wildman–Crippen MR) is 87.3 cm³/mol. The number of hydrogen-bond acceptors (Lipinski definition) is 2. The largest absolute Gasteiger partial charge is 0.317 e. The van der Waals surface area contributed by atoms with Crippen molar-refractivity contribution >= 4 is 11.6 Å². The van der Waals surface area contributed by atoms with E-state index in [0.717, 1.165) is 31.1 Å². The molecule has 0 aliphatic carbocycles. The van der Waals surface area contributed by atoms with E-state index in [2.05, 4.69) is 31.0 Å². The van der Waals surface area contributed by atoms with E-state index in [1.807, 2.05) is 6.07 Å². The van der Waals surface area contributed by atoms with Crippen LogP contribution in [0.15, 0.2) is 18.2 Å². The average molecular weight is 313 g/mol. The first kappa shape index (κ1) is 16.7. The van der Waals surface area contributed by atoms with Gasteiger partial charge in [-0.3, -0.25) is 4.90 Å². The second-order valence-electron chi connectivity index (χ2n) is 6.33. The molecule has 118 valence electrons. The van der Waals surface area contributed by atoms with Crippen molar-refractivity contribution in [3.05, 3.63) is 34.6 Å². The van der Waals surface area contributed by atoms with Gasteiger partial charge in [0, 0.05) is 23.7 Å². The molecule has 1 saturated heterocycles. The van der Waals surface area contributed by atoms with Crippen LogP contribution in [0.5, 0.6) is 0 Å². The van der Waals surface area contributed by atoms with Crippen LogP contribution in [0.25, 0.3) is 0 Å². The van der Waals surface area contributed by atoms with Crippen LogP contribution in [0.2, 0.25) is 5.02 Å². The Balaban J connectivity index is 2.12. The Morgan fingerprint density at radius 3 is 2.52 bits per heavy atom. The van der Waals surface area contributed by atoms with Crippen LogP contribution in [0, 0.1) is 11.7 Å². The van der Waals surface area contributed by atoms with Crippen LogP contribution in [0.1, 0.15) is 45.2 Å². The van der Waals surface area contributed by atoms with Crippen molar-refractivity contribution in [1.82, 2.24) is 10.2 Å². The van der Waals surface area contributed by atoms with Gasteiger partial charge in [0.05, 0.1) is 0 Å². The Kier molecular flexibility index (Phi) is 6.03. The minimum Gasteiger partial charge on any atom is -0.317 e. The zero-order valence-corrected chi connectivity index (χ0v) is 14.0. The van der Waals surface area contributed by atoms with Gasteiger partial charge >= 0.3 is 0 Å². The summed E-state index contributed by atoms with van der Waals surface area (Å²) in [6.45, 7) is 9.91. The van der Waals surface area contributed by atoms with Gasteiger partial charge in [0.25, 0.3) is 0 Å². The number of nitrogens with one attached hydrogen (secondary N) is 1.